The van der Waals surface area contributed by atoms with E-state index in [1.807, 2.05) is 6.92 Å². The van der Waals surface area contributed by atoms with Gasteiger partial charge in [0.25, 0.3) is 0 Å². The molecule has 27 heavy (non-hydrogen) atoms. The lowest BCUT2D eigenvalue weighted by Crippen LogP contribution is -2.36. The molecule has 9 heteroatoms. The molecule has 0 saturated carbocycles. The van der Waals surface area contributed by atoms with Gasteiger partial charge in [-0.15, -0.1) is 24.0 Å². The van der Waals surface area contributed by atoms with Crippen LogP contribution in [0.4, 0.5) is 13.2 Å². The summed E-state index contributed by atoms with van der Waals surface area (Å²) in [5, 5.41) is 15.2. The number of halogens is 4. The maximum Gasteiger partial charge on any atom is 0.387 e. The molecule has 0 aromatic heterocycles. The number of aromatic hydroxyl groups is 1. The van der Waals surface area contributed by atoms with E-state index < -0.39 is 18.2 Å². The summed E-state index contributed by atoms with van der Waals surface area (Å²) in [6, 6.07) is 8.98. The first-order valence-electron chi connectivity index (χ1n) is 7.85. The maximum absolute atomic E-state index is 13.3. The van der Waals surface area contributed by atoms with Gasteiger partial charge in [-0.25, -0.2) is 4.39 Å². The predicted molar refractivity (Wildman–Crippen MR) is 108 cm³/mol. The van der Waals surface area contributed by atoms with Crippen molar-refractivity contribution in [3.8, 4) is 11.5 Å². The van der Waals surface area contributed by atoms with Crippen LogP contribution >= 0.6 is 24.0 Å². The Morgan fingerprint density at radius 3 is 2.48 bits per heavy atom. The summed E-state index contributed by atoms with van der Waals surface area (Å²) in [5.41, 5.74) is 2.08. The lowest BCUT2D eigenvalue weighted by atomic mass is 10.1. The molecule has 5 nitrogen and oxygen atoms in total. The van der Waals surface area contributed by atoms with Crippen LogP contribution < -0.4 is 15.4 Å². The van der Waals surface area contributed by atoms with Gasteiger partial charge in [-0.2, -0.15) is 8.78 Å². The van der Waals surface area contributed by atoms with Crippen molar-refractivity contribution in [2.45, 2.75) is 26.6 Å². The first kappa shape index (κ1) is 22.9. The van der Waals surface area contributed by atoms with E-state index in [9.17, 15) is 18.3 Å². The lowest BCUT2D eigenvalue weighted by molar-refractivity contribution is -0.0504. The number of ether oxygens (including phenoxy) is 1. The van der Waals surface area contributed by atoms with Crippen molar-refractivity contribution in [3.63, 3.8) is 0 Å². The molecule has 3 N–H and O–H groups in total. The second-order valence-corrected chi connectivity index (χ2v) is 5.55. The molecule has 0 spiro atoms. The number of nitrogens with zero attached hydrogens (tertiary/aromatic N) is 1. The van der Waals surface area contributed by atoms with Crippen molar-refractivity contribution < 1.29 is 23.0 Å². The van der Waals surface area contributed by atoms with Crippen LogP contribution in [0.15, 0.2) is 41.4 Å². The standard InChI is InChI=1S/C18H20F3N3O2.HI/c1-11-3-6-16(26-17(20)21)13(7-11)10-24-18(22-2)23-9-12-4-5-15(25)14(19)8-12;/h3-8,17,25H,9-10H2,1-2H3,(H2,22,23,24);1H. The highest BCUT2D eigenvalue weighted by molar-refractivity contribution is 14.0. The zero-order chi connectivity index (χ0) is 19.1. The molecule has 0 fully saturated rings. The van der Waals surface area contributed by atoms with E-state index in [1.165, 1.54) is 18.2 Å². The summed E-state index contributed by atoms with van der Waals surface area (Å²) in [4.78, 5) is 4.03. The van der Waals surface area contributed by atoms with E-state index in [0.717, 1.165) is 5.56 Å². The number of aliphatic imine (C=N–C) groups is 1. The number of hydrogen-bond donors (Lipinski definition) is 3. The summed E-state index contributed by atoms with van der Waals surface area (Å²) < 4.78 is 42.9. The average molecular weight is 495 g/mol. The van der Waals surface area contributed by atoms with Gasteiger partial charge in [-0.3, -0.25) is 4.99 Å². The molecular weight excluding hydrogens is 474 g/mol. The Kier molecular flexibility index (Phi) is 9.19. The predicted octanol–water partition coefficient (Wildman–Crippen LogP) is 3.92. The summed E-state index contributed by atoms with van der Waals surface area (Å²) >= 11 is 0. The van der Waals surface area contributed by atoms with Gasteiger partial charge in [-0.1, -0.05) is 23.8 Å². The zero-order valence-corrected chi connectivity index (χ0v) is 17.1. The highest BCUT2D eigenvalue weighted by Gasteiger charge is 2.10. The Morgan fingerprint density at radius 1 is 1.15 bits per heavy atom. The van der Waals surface area contributed by atoms with E-state index in [4.69, 9.17) is 0 Å². The molecule has 148 valence electrons. The minimum absolute atomic E-state index is 0. The molecule has 0 radical (unpaired) electrons. The van der Waals surface area contributed by atoms with Gasteiger partial charge in [0.15, 0.2) is 17.5 Å². The van der Waals surface area contributed by atoms with Crippen LogP contribution in [-0.4, -0.2) is 24.7 Å². The molecular formula is C18H21F3IN3O2. The van der Waals surface area contributed by atoms with Gasteiger partial charge >= 0.3 is 6.61 Å². The number of rotatable bonds is 6. The number of aryl methyl sites for hydroxylation is 1. The molecule has 0 aliphatic carbocycles. The highest BCUT2D eigenvalue weighted by atomic mass is 127. The second-order valence-electron chi connectivity index (χ2n) is 5.55. The Hall–Kier alpha value is -2.17. The highest BCUT2D eigenvalue weighted by Crippen LogP contribution is 2.22. The van der Waals surface area contributed by atoms with Crippen molar-refractivity contribution in [3.05, 3.63) is 58.9 Å². The fraction of sp³-hybridized carbons (Fsp3) is 0.278. The van der Waals surface area contributed by atoms with Gasteiger partial charge < -0.3 is 20.5 Å². The minimum atomic E-state index is -2.90. The van der Waals surface area contributed by atoms with E-state index in [0.29, 0.717) is 17.1 Å². The number of phenols is 1. The zero-order valence-electron chi connectivity index (χ0n) is 14.8. The summed E-state index contributed by atoms with van der Waals surface area (Å²) in [7, 11) is 1.56. The first-order chi connectivity index (χ1) is 12.4. The first-order valence-corrected chi connectivity index (χ1v) is 7.85. The molecule has 0 heterocycles. The van der Waals surface area contributed by atoms with Crippen molar-refractivity contribution in [1.82, 2.24) is 10.6 Å². The lowest BCUT2D eigenvalue weighted by Gasteiger charge is -2.15. The summed E-state index contributed by atoms with van der Waals surface area (Å²) in [6.07, 6.45) is 0. The van der Waals surface area contributed by atoms with Crippen LogP contribution in [0, 0.1) is 12.7 Å². The molecule has 0 amide bonds. The smallest absolute Gasteiger partial charge is 0.387 e. The summed E-state index contributed by atoms with van der Waals surface area (Å²) in [6.45, 7) is -0.571. The third-order valence-corrected chi connectivity index (χ3v) is 3.57. The van der Waals surface area contributed by atoms with Crippen LogP contribution in [0.1, 0.15) is 16.7 Å². The molecule has 0 aliphatic heterocycles. The van der Waals surface area contributed by atoms with Gasteiger partial charge in [-0.05, 0) is 30.7 Å². The van der Waals surface area contributed by atoms with Crippen LogP contribution in [0.2, 0.25) is 0 Å². The topological polar surface area (TPSA) is 65.9 Å². The van der Waals surface area contributed by atoms with Crippen LogP contribution in [0.5, 0.6) is 11.5 Å². The number of nitrogens with one attached hydrogen (secondary N) is 2. The fourth-order valence-corrected chi connectivity index (χ4v) is 2.30. The van der Waals surface area contributed by atoms with E-state index in [2.05, 4.69) is 20.4 Å². The third-order valence-electron chi connectivity index (χ3n) is 3.57. The van der Waals surface area contributed by atoms with Crippen molar-refractivity contribution >= 4 is 29.9 Å². The SMILES string of the molecule is CN=C(NCc1ccc(O)c(F)c1)NCc1cc(C)ccc1OC(F)F.I. The Morgan fingerprint density at radius 2 is 1.85 bits per heavy atom. The van der Waals surface area contributed by atoms with Crippen molar-refractivity contribution in [1.29, 1.82) is 0 Å². The van der Waals surface area contributed by atoms with Crippen molar-refractivity contribution in [2.75, 3.05) is 7.05 Å². The van der Waals surface area contributed by atoms with E-state index in [1.54, 1.807) is 25.2 Å². The number of phenolic OH excluding ortho intramolecular Hbond substituents is 1. The Labute approximate surface area is 172 Å². The molecule has 0 aliphatic rings. The quantitative estimate of drug-likeness (QED) is 0.323. The van der Waals surface area contributed by atoms with Gasteiger partial charge in [0, 0.05) is 25.7 Å². The molecule has 0 atom stereocenters. The molecule has 2 aromatic carbocycles. The fourth-order valence-electron chi connectivity index (χ4n) is 2.30. The number of benzene rings is 2. The monoisotopic (exact) mass is 495 g/mol. The Balaban J connectivity index is 0.00000364. The molecule has 0 bridgehead atoms. The largest absolute Gasteiger partial charge is 0.505 e. The van der Waals surface area contributed by atoms with E-state index in [-0.39, 0.29) is 42.8 Å². The normalized spacial score (nSPS) is 11.1. The van der Waals surface area contributed by atoms with E-state index >= 15 is 0 Å². The van der Waals surface area contributed by atoms with Gasteiger partial charge in [0.05, 0.1) is 0 Å². The van der Waals surface area contributed by atoms with Crippen LogP contribution in [0.3, 0.4) is 0 Å². The number of hydrogen-bond acceptors (Lipinski definition) is 3. The number of guanidine groups is 1. The molecule has 0 saturated heterocycles. The van der Waals surface area contributed by atoms with Crippen molar-refractivity contribution in [2.24, 2.45) is 4.99 Å². The van der Waals surface area contributed by atoms with Crippen LogP contribution in [-0.2, 0) is 13.1 Å². The maximum atomic E-state index is 13.3. The average Bonchev–Trinajstić information content (AvgIpc) is 2.59. The van der Waals surface area contributed by atoms with Gasteiger partial charge in [0.2, 0.25) is 0 Å². The molecule has 0 unspecified atom stereocenters. The second kappa shape index (κ2) is 10.9. The van der Waals surface area contributed by atoms with Gasteiger partial charge in [0.1, 0.15) is 5.75 Å². The third kappa shape index (κ3) is 7.16. The minimum Gasteiger partial charge on any atom is -0.505 e. The molecule has 2 aromatic rings. The van der Waals surface area contributed by atoms with Crippen LogP contribution in [0.25, 0.3) is 0 Å². The Bertz CT molecular complexity index is 788. The molecule has 2 rings (SSSR count). The number of alkyl halides is 2. The summed E-state index contributed by atoms with van der Waals surface area (Å²) in [5.74, 6) is -0.625.